The van der Waals surface area contributed by atoms with E-state index < -0.39 is 0 Å². The maximum absolute atomic E-state index is 10.3. The standard InChI is InChI=1S/C6H6O.C2H6/c7-6-4-2-1-3-5-6;1-2/h1-4H,5H2;1-2H3. The molecule has 1 aliphatic rings. The Kier molecular flexibility index (Phi) is 4.79. The van der Waals surface area contributed by atoms with Crippen LogP contribution in [-0.2, 0) is 4.79 Å². The van der Waals surface area contributed by atoms with E-state index in [0.717, 1.165) is 0 Å². The largest absolute Gasteiger partial charge is 0.295 e. The second kappa shape index (κ2) is 5.29. The first-order valence-corrected chi connectivity index (χ1v) is 3.25. The van der Waals surface area contributed by atoms with Crippen molar-refractivity contribution in [1.82, 2.24) is 0 Å². The van der Waals surface area contributed by atoms with E-state index in [9.17, 15) is 4.79 Å². The summed E-state index contributed by atoms with van der Waals surface area (Å²) >= 11 is 0. The number of allylic oxidation sites excluding steroid dienone is 4. The molecule has 9 heavy (non-hydrogen) atoms. The molecule has 0 saturated carbocycles. The van der Waals surface area contributed by atoms with Crippen molar-refractivity contribution < 1.29 is 4.79 Å². The number of hydrogen-bond donors (Lipinski definition) is 0. The third kappa shape index (κ3) is 3.71. The van der Waals surface area contributed by atoms with Crippen LogP contribution in [0.2, 0.25) is 0 Å². The molecule has 1 rings (SSSR count). The number of ketones is 1. The second-order valence-corrected chi connectivity index (χ2v) is 1.46. The van der Waals surface area contributed by atoms with Gasteiger partial charge < -0.3 is 0 Å². The smallest absolute Gasteiger partial charge is 0.159 e. The van der Waals surface area contributed by atoms with Crippen LogP contribution < -0.4 is 0 Å². The van der Waals surface area contributed by atoms with E-state index in [-0.39, 0.29) is 5.78 Å². The summed E-state index contributed by atoms with van der Waals surface area (Å²) in [6, 6.07) is 0. The average molecular weight is 124 g/mol. The molecule has 0 fully saturated rings. The molecule has 0 aliphatic heterocycles. The maximum Gasteiger partial charge on any atom is 0.159 e. The van der Waals surface area contributed by atoms with Gasteiger partial charge in [0.05, 0.1) is 0 Å². The normalized spacial score (nSPS) is 14.7. The molecule has 0 saturated heterocycles. The zero-order valence-corrected chi connectivity index (χ0v) is 5.92. The Morgan fingerprint density at radius 2 is 2.00 bits per heavy atom. The lowest BCUT2D eigenvalue weighted by Crippen LogP contribution is -1.90. The van der Waals surface area contributed by atoms with Crippen LogP contribution in [0.1, 0.15) is 20.3 Å². The van der Waals surface area contributed by atoms with Gasteiger partial charge in [-0.25, -0.2) is 0 Å². The molecule has 0 N–H and O–H groups in total. The molecule has 0 spiro atoms. The van der Waals surface area contributed by atoms with Gasteiger partial charge in [0.2, 0.25) is 0 Å². The van der Waals surface area contributed by atoms with Crippen LogP contribution in [0, 0.1) is 0 Å². The Labute approximate surface area is 56.1 Å². The van der Waals surface area contributed by atoms with E-state index in [1.807, 2.05) is 26.0 Å². The first kappa shape index (κ1) is 8.15. The summed E-state index contributed by atoms with van der Waals surface area (Å²) < 4.78 is 0. The Hall–Kier alpha value is -0.850. The third-order valence-corrected chi connectivity index (χ3v) is 0.848. The lowest BCUT2D eigenvalue weighted by molar-refractivity contribution is -0.113. The Balaban J connectivity index is 0.000000291. The number of rotatable bonds is 0. The van der Waals surface area contributed by atoms with Gasteiger partial charge in [0.1, 0.15) is 0 Å². The van der Waals surface area contributed by atoms with Crippen molar-refractivity contribution >= 4 is 5.78 Å². The van der Waals surface area contributed by atoms with Crippen molar-refractivity contribution in [3.8, 4) is 0 Å². The average Bonchev–Trinajstić information content (AvgIpc) is 1.94. The molecular formula is C8H12O. The lowest BCUT2D eigenvalue weighted by atomic mass is 10.2. The van der Waals surface area contributed by atoms with Crippen molar-refractivity contribution in [2.24, 2.45) is 0 Å². The molecule has 0 heterocycles. The first-order valence-electron chi connectivity index (χ1n) is 3.25. The molecule has 0 aromatic rings. The van der Waals surface area contributed by atoms with Crippen molar-refractivity contribution in [2.75, 3.05) is 0 Å². The van der Waals surface area contributed by atoms with Crippen LogP contribution in [-0.4, -0.2) is 5.78 Å². The SMILES string of the molecule is CC.O=C1C=CC=CC1. The molecule has 1 aliphatic carbocycles. The second-order valence-electron chi connectivity index (χ2n) is 1.46. The maximum atomic E-state index is 10.3. The molecule has 1 heteroatoms. The van der Waals surface area contributed by atoms with Crippen LogP contribution in [0.25, 0.3) is 0 Å². The van der Waals surface area contributed by atoms with Gasteiger partial charge in [-0.1, -0.05) is 32.1 Å². The van der Waals surface area contributed by atoms with Gasteiger partial charge in [-0.2, -0.15) is 0 Å². The van der Waals surface area contributed by atoms with Crippen LogP contribution >= 0.6 is 0 Å². The molecule has 1 nitrogen and oxygen atoms in total. The highest BCUT2D eigenvalue weighted by atomic mass is 16.1. The molecule has 0 aromatic heterocycles. The minimum Gasteiger partial charge on any atom is -0.295 e. The number of carbonyl (C=O) groups is 1. The lowest BCUT2D eigenvalue weighted by Gasteiger charge is -1.88. The summed E-state index contributed by atoms with van der Waals surface area (Å²) in [4.78, 5) is 10.3. The number of carbonyl (C=O) groups excluding carboxylic acids is 1. The van der Waals surface area contributed by atoms with Crippen molar-refractivity contribution in [3.05, 3.63) is 24.3 Å². The van der Waals surface area contributed by atoms with Crippen LogP contribution in [0.15, 0.2) is 24.3 Å². The molecule has 0 atom stereocenters. The van der Waals surface area contributed by atoms with E-state index in [4.69, 9.17) is 0 Å². The quantitative estimate of drug-likeness (QED) is 0.483. The predicted octanol–water partition coefficient (Wildman–Crippen LogP) is 2.10. The Morgan fingerprint density at radius 3 is 2.22 bits per heavy atom. The fourth-order valence-electron chi connectivity index (χ4n) is 0.494. The fraction of sp³-hybridized carbons (Fsp3) is 0.375. The fourth-order valence-corrected chi connectivity index (χ4v) is 0.494. The van der Waals surface area contributed by atoms with Crippen LogP contribution in [0.5, 0.6) is 0 Å². The highest BCUT2D eigenvalue weighted by Gasteiger charge is 1.92. The molecule has 0 bridgehead atoms. The Morgan fingerprint density at radius 1 is 1.33 bits per heavy atom. The molecular weight excluding hydrogens is 112 g/mol. The van der Waals surface area contributed by atoms with Gasteiger partial charge >= 0.3 is 0 Å². The van der Waals surface area contributed by atoms with Gasteiger partial charge in [-0.3, -0.25) is 4.79 Å². The molecule has 0 unspecified atom stereocenters. The van der Waals surface area contributed by atoms with Gasteiger partial charge in [-0.05, 0) is 6.08 Å². The van der Waals surface area contributed by atoms with Crippen molar-refractivity contribution in [1.29, 1.82) is 0 Å². The van der Waals surface area contributed by atoms with Gasteiger partial charge in [0.25, 0.3) is 0 Å². The molecule has 0 amide bonds. The predicted molar refractivity (Wildman–Crippen MR) is 39.3 cm³/mol. The Bertz CT molecular complexity index is 132. The van der Waals surface area contributed by atoms with E-state index in [2.05, 4.69) is 0 Å². The summed E-state index contributed by atoms with van der Waals surface area (Å²) in [5.74, 6) is 0.197. The monoisotopic (exact) mass is 124 g/mol. The van der Waals surface area contributed by atoms with E-state index in [0.29, 0.717) is 6.42 Å². The summed E-state index contributed by atoms with van der Waals surface area (Å²) in [6.45, 7) is 4.00. The zero-order chi connectivity index (χ0) is 7.11. The summed E-state index contributed by atoms with van der Waals surface area (Å²) in [5, 5.41) is 0. The van der Waals surface area contributed by atoms with E-state index in [1.54, 1.807) is 12.2 Å². The van der Waals surface area contributed by atoms with Crippen molar-refractivity contribution in [3.63, 3.8) is 0 Å². The van der Waals surface area contributed by atoms with E-state index in [1.165, 1.54) is 0 Å². The van der Waals surface area contributed by atoms with Gasteiger partial charge in [0.15, 0.2) is 5.78 Å². The van der Waals surface area contributed by atoms with E-state index >= 15 is 0 Å². The topological polar surface area (TPSA) is 17.1 Å². The van der Waals surface area contributed by atoms with Crippen LogP contribution in [0.3, 0.4) is 0 Å². The highest BCUT2D eigenvalue weighted by Crippen LogP contribution is 1.94. The molecule has 50 valence electrons. The van der Waals surface area contributed by atoms with Gasteiger partial charge in [-0.15, -0.1) is 0 Å². The van der Waals surface area contributed by atoms with Crippen molar-refractivity contribution in [2.45, 2.75) is 20.3 Å². The van der Waals surface area contributed by atoms with Crippen LogP contribution in [0.4, 0.5) is 0 Å². The zero-order valence-electron chi connectivity index (χ0n) is 5.92. The van der Waals surface area contributed by atoms with Gasteiger partial charge in [0, 0.05) is 6.42 Å². The minimum atomic E-state index is 0.197. The molecule has 0 radical (unpaired) electrons. The summed E-state index contributed by atoms with van der Waals surface area (Å²) in [7, 11) is 0. The third-order valence-electron chi connectivity index (χ3n) is 0.848. The number of hydrogen-bond acceptors (Lipinski definition) is 1. The summed E-state index contributed by atoms with van der Waals surface area (Å²) in [5.41, 5.74) is 0. The first-order chi connectivity index (χ1) is 4.39. The molecule has 0 aromatic carbocycles. The minimum absolute atomic E-state index is 0.197. The summed E-state index contributed by atoms with van der Waals surface area (Å²) in [6.07, 6.45) is 7.64. The highest BCUT2D eigenvalue weighted by molar-refractivity contribution is 5.92.